The monoisotopic (exact) mass is 406 g/mol. The Hall–Kier alpha value is -1.56. The highest BCUT2D eigenvalue weighted by atomic mass is 14.1. The lowest BCUT2D eigenvalue weighted by molar-refractivity contribution is 0.922. The summed E-state index contributed by atoms with van der Waals surface area (Å²) in [5, 5.41) is 0. The fraction of sp³-hybridized carbons (Fsp3) is 0.586. The van der Waals surface area contributed by atoms with E-state index in [2.05, 4.69) is 95.3 Å². The van der Waals surface area contributed by atoms with Crippen LogP contribution in [0.25, 0.3) is 0 Å². The van der Waals surface area contributed by atoms with Crippen molar-refractivity contribution in [3.05, 3.63) is 71.8 Å². The molecular weight excluding hydrogens is 348 g/mol. The highest BCUT2D eigenvalue weighted by molar-refractivity contribution is 5.31. The van der Waals surface area contributed by atoms with Crippen molar-refractivity contribution in [1.29, 1.82) is 0 Å². The third-order valence-corrected chi connectivity index (χ3v) is 2.60. The molecule has 0 amide bonds. The summed E-state index contributed by atoms with van der Waals surface area (Å²) in [7, 11) is 0. The maximum Gasteiger partial charge on any atom is 0.00610 e. The SMILES string of the molecule is C.CC.CC.CC.CC.CC(c1ccccc1)c1ccccc1.CCC.CCC. The first-order chi connectivity index (χ1) is 13.7. The Balaban J connectivity index is -0.0000000749. The molecule has 2 aromatic rings. The van der Waals surface area contributed by atoms with Crippen LogP contribution in [0.15, 0.2) is 60.7 Å². The number of benzene rings is 2. The fourth-order valence-electron chi connectivity index (χ4n) is 1.68. The second-order valence-corrected chi connectivity index (χ2v) is 4.96. The van der Waals surface area contributed by atoms with Crippen LogP contribution in [-0.4, -0.2) is 0 Å². The lowest BCUT2D eigenvalue weighted by Gasteiger charge is -2.11. The van der Waals surface area contributed by atoms with E-state index in [0.717, 1.165) is 0 Å². The Bertz CT molecular complexity index is 361. The van der Waals surface area contributed by atoms with Crippen LogP contribution in [0.1, 0.15) is 127 Å². The van der Waals surface area contributed by atoms with Gasteiger partial charge in [0.15, 0.2) is 0 Å². The number of hydrogen-bond donors (Lipinski definition) is 0. The minimum atomic E-state index is 0. The maximum absolute atomic E-state index is 2.24. The minimum Gasteiger partial charge on any atom is -0.0776 e. The maximum atomic E-state index is 2.24. The molecule has 0 spiro atoms. The van der Waals surface area contributed by atoms with E-state index >= 15 is 0 Å². The van der Waals surface area contributed by atoms with Crippen molar-refractivity contribution < 1.29 is 0 Å². The van der Waals surface area contributed by atoms with Crippen molar-refractivity contribution in [3.8, 4) is 0 Å². The molecule has 0 atom stereocenters. The van der Waals surface area contributed by atoms with E-state index < -0.39 is 0 Å². The average Bonchev–Trinajstić information content (AvgIpc) is 2.81. The van der Waals surface area contributed by atoms with Gasteiger partial charge in [-0.15, -0.1) is 0 Å². The Kier molecular flexibility index (Phi) is 65.2. The average molecular weight is 407 g/mol. The number of rotatable bonds is 2. The molecule has 0 fully saturated rings. The zero-order valence-electron chi connectivity index (χ0n) is 21.8. The van der Waals surface area contributed by atoms with E-state index in [0.29, 0.717) is 5.92 Å². The summed E-state index contributed by atoms with van der Waals surface area (Å²) >= 11 is 0. The second kappa shape index (κ2) is 45.3. The predicted molar refractivity (Wildman–Crippen MR) is 144 cm³/mol. The number of hydrogen-bond acceptors (Lipinski definition) is 0. The molecule has 0 radical (unpaired) electrons. The Morgan fingerprint density at radius 1 is 0.483 bits per heavy atom. The molecule has 0 saturated carbocycles. The zero-order valence-corrected chi connectivity index (χ0v) is 21.8. The molecule has 0 heterocycles. The normalized spacial score (nSPS) is 7.10. The van der Waals surface area contributed by atoms with Gasteiger partial charge in [-0.2, -0.15) is 0 Å². The molecule has 0 N–H and O–H groups in total. The third-order valence-electron chi connectivity index (χ3n) is 2.60. The summed E-state index contributed by atoms with van der Waals surface area (Å²) in [6, 6.07) is 21.2. The molecule has 0 aliphatic rings. The van der Waals surface area contributed by atoms with Crippen molar-refractivity contribution in [3.63, 3.8) is 0 Å². The van der Waals surface area contributed by atoms with Crippen LogP contribution in [0.5, 0.6) is 0 Å². The van der Waals surface area contributed by atoms with Gasteiger partial charge >= 0.3 is 0 Å². The van der Waals surface area contributed by atoms with Gasteiger partial charge in [0, 0.05) is 5.92 Å². The van der Waals surface area contributed by atoms with Gasteiger partial charge in [0.25, 0.3) is 0 Å². The molecular formula is C29H58. The molecule has 0 nitrogen and oxygen atoms in total. The molecule has 0 aliphatic heterocycles. The Morgan fingerprint density at radius 2 is 0.655 bits per heavy atom. The lowest BCUT2D eigenvalue weighted by Crippen LogP contribution is -1.94. The largest absolute Gasteiger partial charge is 0.0776 e. The van der Waals surface area contributed by atoms with E-state index in [1.165, 1.54) is 24.0 Å². The smallest absolute Gasteiger partial charge is 0.00610 e. The van der Waals surface area contributed by atoms with E-state index in [1.807, 2.05) is 55.4 Å². The quantitative estimate of drug-likeness (QED) is 0.465. The third kappa shape index (κ3) is 31.4. The van der Waals surface area contributed by atoms with Crippen LogP contribution >= 0.6 is 0 Å². The molecule has 0 bridgehead atoms. The van der Waals surface area contributed by atoms with Crippen molar-refractivity contribution in [2.75, 3.05) is 0 Å². The minimum absolute atomic E-state index is 0. The van der Waals surface area contributed by atoms with Crippen molar-refractivity contribution in [2.45, 2.75) is 116 Å². The highest BCUT2D eigenvalue weighted by Gasteiger charge is 2.05. The Labute approximate surface area is 188 Å². The lowest BCUT2D eigenvalue weighted by atomic mass is 9.93. The highest BCUT2D eigenvalue weighted by Crippen LogP contribution is 2.22. The van der Waals surface area contributed by atoms with Gasteiger partial charge in [0.2, 0.25) is 0 Å². The Morgan fingerprint density at radius 3 is 0.828 bits per heavy atom. The molecule has 2 aromatic carbocycles. The molecule has 0 aromatic heterocycles. The van der Waals surface area contributed by atoms with E-state index in [1.54, 1.807) is 0 Å². The van der Waals surface area contributed by atoms with Crippen LogP contribution in [0, 0.1) is 0 Å². The topological polar surface area (TPSA) is 0 Å². The van der Waals surface area contributed by atoms with Crippen LogP contribution < -0.4 is 0 Å². The summed E-state index contributed by atoms with van der Waals surface area (Å²) in [6.45, 7) is 26.7. The van der Waals surface area contributed by atoms with Crippen molar-refractivity contribution >= 4 is 0 Å². The predicted octanol–water partition coefficient (Wildman–Crippen LogP) is 11.4. The van der Waals surface area contributed by atoms with Crippen molar-refractivity contribution in [2.24, 2.45) is 0 Å². The van der Waals surface area contributed by atoms with Crippen LogP contribution in [0.3, 0.4) is 0 Å². The van der Waals surface area contributed by atoms with Gasteiger partial charge in [0.05, 0.1) is 0 Å². The molecule has 2 rings (SSSR count). The first-order valence-electron chi connectivity index (χ1n) is 11.8. The standard InChI is InChI=1S/C14H14.2C3H8.4C2H6.CH4/c1-12(13-8-4-2-5-9-13)14-10-6-3-7-11-14;2*1-3-2;4*1-2;/h2-12H,1H3;2*3H2,1-2H3;4*1-2H3;1H4. The summed E-state index contributed by atoms with van der Waals surface area (Å²) in [5.74, 6) is 0.484. The molecule has 29 heavy (non-hydrogen) atoms. The first-order valence-corrected chi connectivity index (χ1v) is 11.8. The van der Waals surface area contributed by atoms with Gasteiger partial charge in [-0.1, -0.05) is 171 Å². The van der Waals surface area contributed by atoms with E-state index in [4.69, 9.17) is 0 Å². The molecule has 174 valence electrons. The molecule has 0 aliphatic carbocycles. The van der Waals surface area contributed by atoms with Gasteiger partial charge in [-0.05, 0) is 11.1 Å². The molecule has 0 saturated heterocycles. The van der Waals surface area contributed by atoms with Crippen LogP contribution in [0.4, 0.5) is 0 Å². The fourth-order valence-corrected chi connectivity index (χ4v) is 1.68. The summed E-state index contributed by atoms with van der Waals surface area (Å²) in [4.78, 5) is 0. The van der Waals surface area contributed by atoms with Gasteiger partial charge in [0.1, 0.15) is 0 Å². The zero-order chi connectivity index (χ0) is 23.2. The molecule has 0 heteroatoms. The van der Waals surface area contributed by atoms with Crippen molar-refractivity contribution in [1.82, 2.24) is 0 Å². The van der Waals surface area contributed by atoms with Gasteiger partial charge in [-0.3, -0.25) is 0 Å². The second-order valence-electron chi connectivity index (χ2n) is 4.96. The van der Waals surface area contributed by atoms with Crippen LogP contribution in [-0.2, 0) is 0 Å². The first kappa shape index (κ1) is 41.7. The van der Waals surface area contributed by atoms with Crippen LogP contribution in [0.2, 0.25) is 0 Å². The van der Waals surface area contributed by atoms with Gasteiger partial charge in [-0.25, -0.2) is 0 Å². The van der Waals surface area contributed by atoms with Gasteiger partial charge < -0.3 is 0 Å². The summed E-state index contributed by atoms with van der Waals surface area (Å²) in [5.41, 5.74) is 2.75. The molecule has 0 unspecified atom stereocenters. The summed E-state index contributed by atoms with van der Waals surface area (Å²) in [6.07, 6.45) is 2.50. The van der Waals surface area contributed by atoms with E-state index in [-0.39, 0.29) is 7.43 Å². The van der Waals surface area contributed by atoms with E-state index in [9.17, 15) is 0 Å². The summed E-state index contributed by atoms with van der Waals surface area (Å²) < 4.78 is 0.